The summed E-state index contributed by atoms with van der Waals surface area (Å²) in [6, 6.07) is 12.3. The first kappa shape index (κ1) is 17.6. The van der Waals surface area contributed by atoms with Gasteiger partial charge in [0.15, 0.2) is 5.76 Å². The van der Waals surface area contributed by atoms with E-state index in [1.165, 1.54) is 13.2 Å². The summed E-state index contributed by atoms with van der Waals surface area (Å²) in [6.07, 6.45) is 2.91. The van der Waals surface area contributed by atoms with Gasteiger partial charge in [0.25, 0.3) is 0 Å². The molecule has 3 aromatic rings. The number of aromatic nitrogens is 1. The zero-order valence-electron chi connectivity index (χ0n) is 13.9. The summed E-state index contributed by atoms with van der Waals surface area (Å²) < 4.78 is 15.0. The molecule has 3 rings (SSSR count). The topological polar surface area (TPSA) is 78.6 Å². The number of ether oxygens (including phenoxy) is 2. The van der Waals surface area contributed by atoms with Crippen LogP contribution in [0.1, 0.15) is 21.6 Å². The molecule has 7 heteroatoms. The Kier molecular flexibility index (Phi) is 5.60. The summed E-state index contributed by atoms with van der Waals surface area (Å²) in [5.74, 6) is -0.260. The van der Waals surface area contributed by atoms with Gasteiger partial charge in [0, 0.05) is 12.1 Å². The second-order valence-electron chi connectivity index (χ2n) is 5.21. The molecule has 0 unspecified atom stereocenters. The van der Waals surface area contributed by atoms with Gasteiger partial charge in [-0.3, -0.25) is 0 Å². The van der Waals surface area contributed by atoms with Crippen molar-refractivity contribution < 1.29 is 23.6 Å². The van der Waals surface area contributed by atoms with Crippen molar-refractivity contribution in [3.8, 4) is 10.6 Å². The molecule has 0 amide bonds. The number of carbonyl (C=O) groups is 2. The summed E-state index contributed by atoms with van der Waals surface area (Å²) in [7, 11) is 1.32. The lowest BCUT2D eigenvalue weighted by molar-refractivity contribution is -0.139. The molecule has 0 N–H and O–H groups in total. The van der Waals surface area contributed by atoms with Crippen LogP contribution in [0.15, 0.2) is 58.4 Å². The number of nitrogens with zero attached hydrogens (tertiary/aromatic N) is 1. The lowest BCUT2D eigenvalue weighted by atomic mass is 10.1. The Morgan fingerprint density at radius 2 is 2.04 bits per heavy atom. The van der Waals surface area contributed by atoms with Gasteiger partial charge in [-0.15, -0.1) is 11.3 Å². The van der Waals surface area contributed by atoms with Crippen LogP contribution in [0.5, 0.6) is 0 Å². The molecular formula is C19H15NO5S. The Balaban J connectivity index is 1.52. The number of thiophene rings is 1. The van der Waals surface area contributed by atoms with Crippen LogP contribution in [-0.2, 0) is 20.9 Å². The third-order valence-corrected chi connectivity index (χ3v) is 4.31. The van der Waals surface area contributed by atoms with Crippen LogP contribution in [0.2, 0.25) is 0 Å². The molecule has 0 fully saturated rings. The van der Waals surface area contributed by atoms with Crippen LogP contribution in [0.4, 0.5) is 0 Å². The molecule has 26 heavy (non-hydrogen) atoms. The normalized spacial score (nSPS) is 10.8. The second-order valence-corrected chi connectivity index (χ2v) is 6.16. The maximum absolute atomic E-state index is 11.8. The Hall–Kier alpha value is -3.19. The molecule has 2 heterocycles. The van der Waals surface area contributed by atoms with Crippen molar-refractivity contribution in [3.05, 3.63) is 70.7 Å². The fraction of sp³-hybridized carbons (Fsp3) is 0.105. The van der Waals surface area contributed by atoms with Crippen molar-refractivity contribution >= 4 is 29.4 Å². The quantitative estimate of drug-likeness (QED) is 0.484. The van der Waals surface area contributed by atoms with Gasteiger partial charge in [-0.1, -0.05) is 23.4 Å². The molecule has 6 nitrogen and oxygen atoms in total. The van der Waals surface area contributed by atoms with E-state index in [-0.39, 0.29) is 6.61 Å². The van der Waals surface area contributed by atoms with Crippen LogP contribution in [-0.4, -0.2) is 24.2 Å². The standard InChI is InChI=1S/C19H15NO5S/c1-23-19(22)14-7-4-13(5-8-14)6-9-18(21)24-12-15-11-16(25-20-15)17-3-2-10-26-17/h2-11H,12H2,1H3/b9-6+. The lowest BCUT2D eigenvalue weighted by Gasteiger charge is -2.00. The average molecular weight is 369 g/mol. The van der Waals surface area contributed by atoms with E-state index >= 15 is 0 Å². The minimum atomic E-state index is -0.497. The number of esters is 2. The Bertz CT molecular complexity index is 910. The Morgan fingerprint density at radius 3 is 2.73 bits per heavy atom. The van der Waals surface area contributed by atoms with Crippen molar-refractivity contribution in [2.45, 2.75) is 6.61 Å². The van der Waals surface area contributed by atoms with E-state index < -0.39 is 11.9 Å². The highest BCUT2D eigenvalue weighted by Gasteiger charge is 2.09. The van der Waals surface area contributed by atoms with Gasteiger partial charge in [-0.2, -0.15) is 0 Å². The zero-order chi connectivity index (χ0) is 18.4. The van der Waals surface area contributed by atoms with Gasteiger partial charge in [0.1, 0.15) is 12.3 Å². The number of hydrogen-bond donors (Lipinski definition) is 0. The van der Waals surface area contributed by atoms with E-state index in [1.54, 1.807) is 47.7 Å². The van der Waals surface area contributed by atoms with Gasteiger partial charge in [0.05, 0.1) is 17.6 Å². The van der Waals surface area contributed by atoms with Crippen molar-refractivity contribution in [1.29, 1.82) is 0 Å². The first-order chi connectivity index (χ1) is 12.7. The summed E-state index contributed by atoms with van der Waals surface area (Å²) in [4.78, 5) is 24.1. The summed E-state index contributed by atoms with van der Waals surface area (Å²) in [6.45, 7) is 0.0271. The third kappa shape index (κ3) is 4.46. The van der Waals surface area contributed by atoms with E-state index in [0.29, 0.717) is 17.0 Å². The molecule has 0 radical (unpaired) electrons. The van der Waals surface area contributed by atoms with Crippen LogP contribution in [0, 0.1) is 0 Å². The third-order valence-electron chi connectivity index (χ3n) is 3.43. The Labute approximate surface area is 153 Å². The molecule has 2 aromatic heterocycles. The molecule has 0 saturated carbocycles. The number of benzene rings is 1. The lowest BCUT2D eigenvalue weighted by Crippen LogP contribution is -2.01. The van der Waals surface area contributed by atoms with Crippen LogP contribution < -0.4 is 0 Å². The van der Waals surface area contributed by atoms with Crippen molar-refractivity contribution in [3.63, 3.8) is 0 Å². The van der Waals surface area contributed by atoms with Crippen LogP contribution in [0.25, 0.3) is 16.7 Å². The molecular weight excluding hydrogens is 354 g/mol. The molecule has 0 bridgehead atoms. The van der Waals surface area contributed by atoms with E-state index in [4.69, 9.17) is 9.26 Å². The molecule has 0 atom stereocenters. The smallest absolute Gasteiger partial charge is 0.337 e. The number of methoxy groups -OCH3 is 1. The SMILES string of the molecule is COC(=O)c1ccc(/C=C/C(=O)OCc2cc(-c3cccs3)on2)cc1. The molecule has 0 aliphatic carbocycles. The highest BCUT2D eigenvalue weighted by molar-refractivity contribution is 7.13. The molecule has 1 aromatic carbocycles. The van der Waals surface area contributed by atoms with Gasteiger partial charge >= 0.3 is 11.9 Å². The molecule has 132 valence electrons. The highest BCUT2D eigenvalue weighted by Crippen LogP contribution is 2.25. The van der Waals surface area contributed by atoms with Crippen molar-refractivity contribution in [1.82, 2.24) is 5.16 Å². The first-order valence-corrected chi connectivity index (χ1v) is 8.56. The first-order valence-electron chi connectivity index (χ1n) is 7.68. The molecule has 0 aliphatic rings. The molecule has 0 saturated heterocycles. The van der Waals surface area contributed by atoms with E-state index in [1.807, 2.05) is 17.5 Å². The average Bonchev–Trinajstić information content (AvgIpc) is 3.36. The van der Waals surface area contributed by atoms with Crippen molar-refractivity contribution in [2.24, 2.45) is 0 Å². The molecule has 0 aliphatic heterocycles. The largest absolute Gasteiger partial charge is 0.465 e. The van der Waals surface area contributed by atoms with E-state index in [2.05, 4.69) is 9.89 Å². The van der Waals surface area contributed by atoms with Gasteiger partial charge in [0.2, 0.25) is 0 Å². The van der Waals surface area contributed by atoms with Gasteiger partial charge < -0.3 is 14.0 Å². The van der Waals surface area contributed by atoms with Crippen LogP contribution in [0.3, 0.4) is 0 Å². The minimum absolute atomic E-state index is 0.0271. The fourth-order valence-corrected chi connectivity index (χ4v) is 2.79. The van der Waals surface area contributed by atoms with Gasteiger partial charge in [-0.05, 0) is 35.2 Å². The zero-order valence-corrected chi connectivity index (χ0v) is 14.7. The summed E-state index contributed by atoms with van der Waals surface area (Å²) in [5.41, 5.74) is 1.74. The number of hydrogen-bond acceptors (Lipinski definition) is 7. The predicted octanol–water partition coefficient (Wildman–Crippen LogP) is 3.95. The van der Waals surface area contributed by atoms with E-state index in [9.17, 15) is 9.59 Å². The van der Waals surface area contributed by atoms with Gasteiger partial charge in [-0.25, -0.2) is 9.59 Å². The fourth-order valence-electron chi connectivity index (χ4n) is 2.12. The maximum Gasteiger partial charge on any atom is 0.337 e. The van der Waals surface area contributed by atoms with E-state index in [0.717, 1.165) is 10.4 Å². The maximum atomic E-state index is 11.8. The monoisotopic (exact) mass is 369 g/mol. The summed E-state index contributed by atoms with van der Waals surface area (Å²) in [5, 5.41) is 5.83. The number of carbonyl (C=O) groups excluding carboxylic acids is 2. The second kappa shape index (κ2) is 8.26. The summed E-state index contributed by atoms with van der Waals surface area (Å²) >= 11 is 1.54. The predicted molar refractivity (Wildman–Crippen MR) is 96.4 cm³/mol. The Morgan fingerprint density at radius 1 is 1.23 bits per heavy atom. The van der Waals surface area contributed by atoms with Crippen LogP contribution >= 0.6 is 11.3 Å². The highest BCUT2D eigenvalue weighted by atomic mass is 32.1. The minimum Gasteiger partial charge on any atom is -0.465 e. The molecule has 0 spiro atoms. The van der Waals surface area contributed by atoms with Crippen molar-refractivity contribution in [2.75, 3.05) is 7.11 Å². The number of rotatable bonds is 6.